The van der Waals surface area contributed by atoms with Crippen LogP contribution in [-0.4, -0.2) is 0 Å². The molecule has 0 amide bonds. The molecule has 1 unspecified atom stereocenters. The minimum atomic E-state index is -0.425. The molecule has 2 aromatic rings. The van der Waals surface area contributed by atoms with Gasteiger partial charge in [-0.05, 0) is 42.7 Å². The first-order valence-corrected chi connectivity index (χ1v) is 6.94. The molecule has 1 atom stereocenters. The van der Waals surface area contributed by atoms with Gasteiger partial charge in [0.2, 0.25) is 0 Å². The Balaban J connectivity index is 2.27. The van der Waals surface area contributed by atoms with Gasteiger partial charge >= 0.3 is 0 Å². The molecule has 18 heavy (non-hydrogen) atoms. The van der Waals surface area contributed by atoms with Gasteiger partial charge in [0.1, 0.15) is 0 Å². The molecule has 0 heterocycles. The van der Waals surface area contributed by atoms with Crippen molar-refractivity contribution >= 4 is 27.5 Å². The molecule has 0 saturated heterocycles. The van der Waals surface area contributed by atoms with Crippen molar-refractivity contribution in [2.24, 2.45) is 5.73 Å². The Bertz CT molecular complexity index is 534. The predicted molar refractivity (Wildman–Crippen MR) is 80.8 cm³/mol. The van der Waals surface area contributed by atoms with Gasteiger partial charge in [0.15, 0.2) is 0 Å². The van der Waals surface area contributed by atoms with Crippen molar-refractivity contribution in [1.29, 1.82) is 0 Å². The Hall–Kier alpha value is -0.830. The Labute approximate surface area is 121 Å². The van der Waals surface area contributed by atoms with Crippen LogP contribution >= 0.6 is 27.5 Å². The van der Waals surface area contributed by atoms with Crippen LogP contribution in [0.3, 0.4) is 0 Å². The van der Waals surface area contributed by atoms with E-state index in [1.54, 1.807) is 0 Å². The number of benzene rings is 2. The van der Waals surface area contributed by atoms with E-state index in [1.807, 2.05) is 55.5 Å². The minimum absolute atomic E-state index is 0.425. The minimum Gasteiger partial charge on any atom is -0.321 e. The molecule has 1 nitrogen and oxygen atoms in total. The molecule has 2 aromatic carbocycles. The third-order valence-electron chi connectivity index (χ3n) is 3.02. The largest absolute Gasteiger partial charge is 0.321 e. The molecular weight excluding hydrogens is 310 g/mol. The van der Waals surface area contributed by atoms with Crippen molar-refractivity contribution in [3.8, 4) is 0 Å². The van der Waals surface area contributed by atoms with Crippen LogP contribution in [0.4, 0.5) is 0 Å². The molecule has 2 N–H and O–H groups in total. The molecule has 0 aliphatic rings. The predicted octanol–water partition coefficient (Wildman–Crippen LogP) is 4.52. The van der Waals surface area contributed by atoms with E-state index in [0.717, 1.165) is 20.6 Å². The molecule has 0 aromatic heterocycles. The molecule has 3 heteroatoms. The second kappa shape index (κ2) is 5.43. The van der Waals surface area contributed by atoms with Gasteiger partial charge in [-0.15, -0.1) is 0 Å². The lowest BCUT2D eigenvalue weighted by atomic mass is 9.87. The highest BCUT2D eigenvalue weighted by Gasteiger charge is 2.22. The van der Waals surface area contributed by atoms with E-state index in [2.05, 4.69) is 15.9 Å². The molecule has 0 bridgehead atoms. The summed E-state index contributed by atoms with van der Waals surface area (Å²) in [5, 5.41) is 0.770. The quantitative estimate of drug-likeness (QED) is 0.882. The number of rotatable bonds is 3. The molecule has 2 rings (SSSR count). The first-order chi connectivity index (χ1) is 8.49. The molecule has 94 valence electrons. The van der Waals surface area contributed by atoms with Gasteiger partial charge in [0, 0.05) is 15.0 Å². The van der Waals surface area contributed by atoms with Crippen LogP contribution in [0.25, 0.3) is 0 Å². The van der Waals surface area contributed by atoms with Crippen molar-refractivity contribution in [2.75, 3.05) is 0 Å². The summed E-state index contributed by atoms with van der Waals surface area (Å²) in [5.41, 5.74) is 8.17. The highest BCUT2D eigenvalue weighted by atomic mass is 79.9. The van der Waals surface area contributed by atoms with E-state index >= 15 is 0 Å². The number of hydrogen-bond acceptors (Lipinski definition) is 1. The smallest absolute Gasteiger partial charge is 0.0438 e. The van der Waals surface area contributed by atoms with Gasteiger partial charge < -0.3 is 5.73 Å². The summed E-state index contributed by atoms with van der Waals surface area (Å²) in [4.78, 5) is 0. The zero-order valence-electron chi connectivity index (χ0n) is 10.2. The van der Waals surface area contributed by atoms with Gasteiger partial charge in [-0.3, -0.25) is 0 Å². The summed E-state index contributed by atoms with van der Waals surface area (Å²) in [7, 11) is 0. The molecule has 0 fully saturated rings. The van der Waals surface area contributed by atoms with Gasteiger partial charge in [-0.2, -0.15) is 0 Å². The van der Waals surface area contributed by atoms with E-state index in [1.165, 1.54) is 0 Å². The SMILES string of the molecule is CC(N)(Cc1ccccc1Cl)c1ccc(Br)cc1. The van der Waals surface area contributed by atoms with Gasteiger partial charge in [0.25, 0.3) is 0 Å². The second-order valence-corrected chi connectivity index (χ2v) is 6.02. The summed E-state index contributed by atoms with van der Waals surface area (Å²) < 4.78 is 1.06. The Morgan fingerprint density at radius 2 is 1.72 bits per heavy atom. The van der Waals surface area contributed by atoms with E-state index in [4.69, 9.17) is 17.3 Å². The highest BCUT2D eigenvalue weighted by Crippen LogP contribution is 2.27. The number of nitrogens with two attached hydrogens (primary N) is 1. The van der Waals surface area contributed by atoms with Crippen LogP contribution in [-0.2, 0) is 12.0 Å². The third kappa shape index (κ3) is 3.14. The lowest BCUT2D eigenvalue weighted by molar-refractivity contribution is 0.491. The van der Waals surface area contributed by atoms with E-state index in [0.29, 0.717) is 6.42 Å². The molecule has 0 spiro atoms. The topological polar surface area (TPSA) is 26.0 Å². The first-order valence-electron chi connectivity index (χ1n) is 5.77. The molecule has 0 aliphatic heterocycles. The normalized spacial score (nSPS) is 14.2. The first kappa shape index (κ1) is 13.6. The van der Waals surface area contributed by atoms with Gasteiger partial charge in [-0.1, -0.05) is 57.9 Å². The van der Waals surface area contributed by atoms with Crippen LogP contribution in [0.5, 0.6) is 0 Å². The van der Waals surface area contributed by atoms with Crippen molar-refractivity contribution in [2.45, 2.75) is 18.9 Å². The highest BCUT2D eigenvalue weighted by molar-refractivity contribution is 9.10. The molecule has 0 radical (unpaired) electrons. The average Bonchev–Trinajstić information content (AvgIpc) is 2.32. The summed E-state index contributed by atoms with van der Waals surface area (Å²) in [6.45, 7) is 2.03. The van der Waals surface area contributed by atoms with Gasteiger partial charge in [-0.25, -0.2) is 0 Å². The fourth-order valence-corrected chi connectivity index (χ4v) is 2.44. The average molecular weight is 325 g/mol. The van der Waals surface area contributed by atoms with Crippen LogP contribution < -0.4 is 5.73 Å². The maximum atomic E-state index is 6.42. The maximum Gasteiger partial charge on any atom is 0.0438 e. The van der Waals surface area contributed by atoms with Crippen LogP contribution in [0.2, 0.25) is 5.02 Å². The second-order valence-electron chi connectivity index (χ2n) is 4.69. The Kier molecular flexibility index (Phi) is 4.10. The number of hydrogen-bond donors (Lipinski definition) is 1. The van der Waals surface area contributed by atoms with E-state index in [-0.39, 0.29) is 0 Å². The van der Waals surface area contributed by atoms with E-state index < -0.39 is 5.54 Å². The van der Waals surface area contributed by atoms with E-state index in [9.17, 15) is 0 Å². The summed E-state index contributed by atoms with van der Waals surface area (Å²) in [5.74, 6) is 0. The van der Waals surface area contributed by atoms with Crippen molar-refractivity contribution in [3.05, 3.63) is 69.2 Å². The zero-order valence-corrected chi connectivity index (χ0v) is 12.5. The lowest BCUT2D eigenvalue weighted by Gasteiger charge is -2.26. The fourth-order valence-electron chi connectivity index (χ4n) is 1.97. The third-order valence-corrected chi connectivity index (χ3v) is 3.92. The van der Waals surface area contributed by atoms with Crippen LogP contribution in [0, 0.1) is 0 Å². The van der Waals surface area contributed by atoms with Crippen LogP contribution in [0.15, 0.2) is 53.0 Å². The Morgan fingerprint density at radius 1 is 1.11 bits per heavy atom. The Morgan fingerprint density at radius 3 is 2.33 bits per heavy atom. The van der Waals surface area contributed by atoms with Crippen molar-refractivity contribution in [1.82, 2.24) is 0 Å². The van der Waals surface area contributed by atoms with Crippen molar-refractivity contribution < 1.29 is 0 Å². The molecule has 0 aliphatic carbocycles. The molecule has 0 saturated carbocycles. The maximum absolute atomic E-state index is 6.42. The molecular formula is C15H15BrClN. The van der Waals surface area contributed by atoms with Crippen LogP contribution in [0.1, 0.15) is 18.1 Å². The monoisotopic (exact) mass is 323 g/mol. The van der Waals surface area contributed by atoms with Gasteiger partial charge in [0.05, 0.1) is 0 Å². The zero-order chi connectivity index (χ0) is 13.2. The summed E-state index contributed by atoms with van der Waals surface area (Å²) in [6.07, 6.45) is 0.717. The van der Waals surface area contributed by atoms with Crippen molar-refractivity contribution in [3.63, 3.8) is 0 Å². The summed E-state index contributed by atoms with van der Waals surface area (Å²) in [6, 6.07) is 15.9. The fraction of sp³-hybridized carbons (Fsp3) is 0.200. The standard InChI is InChI=1S/C15H15BrClN/c1-15(18,12-6-8-13(16)9-7-12)10-11-4-2-3-5-14(11)17/h2-9H,10,18H2,1H3. The summed E-state index contributed by atoms with van der Waals surface area (Å²) >= 11 is 9.61. The number of halogens is 2. The lowest BCUT2D eigenvalue weighted by Crippen LogP contribution is -2.35.